The largest absolute Gasteiger partial charge is 0.324 e. The monoisotopic (exact) mass is 286 g/mol. The SMILES string of the molecule is CN(C1CCC(=O)CC1)C1CCc2ccccc2NC1=O. The number of nitrogens with zero attached hydrogens (tertiary/aromatic N) is 1. The summed E-state index contributed by atoms with van der Waals surface area (Å²) in [4.78, 5) is 26.1. The smallest absolute Gasteiger partial charge is 0.241 e. The fourth-order valence-corrected chi connectivity index (χ4v) is 3.47. The summed E-state index contributed by atoms with van der Waals surface area (Å²) >= 11 is 0. The molecule has 0 saturated heterocycles. The van der Waals surface area contributed by atoms with Gasteiger partial charge in [0.25, 0.3) is 0 Å². The highest BCUT2D eigenvalue weighted by molar-refractivity contribution is 5.96. The molecule has 1 aromatic rings. The number of Topliss-reactive ketones (excluding diaryl/α,β-unsaturated/α-hetero) is 1. The Morgan fingerprint density at radius 3 is 2.52 bits per heavy atom. The van der Waals surface area contributed by atoms with Crippen molar-refractivity contribution in [2.75, 3.05) is 12.4 Å². The van der Waals surface area contributed by atoms with Gasteiger partial charge in [0.05, 0.1) is 6.04 Å². The molecule has 1 aliphatic carbocycles. The van der Waals surface area contributed by atoms with E-state index in [0.717, 1.165) is 31.4 Å². The highest BCUT2D eigenvalue weighted by atomic mass is 16.2. The summed E-state index contributed by atoms with van der Waals surface area (Å²) in [6.07, 6.45) is 4.82. The number of nitrogens with one attached hydrogen (secondary N) is 1. The molecule has 0 spiro atoms. The van der Waals surface area contributed by atoms with E-state index in [9.17, 15) is 9.59 Å². The molecule has 1 unspecified atom stereocenters. The number of rotatable bonds is 2. The van der Waals surface area contributed by atoms with E-state index in [4.69, 9.17) is 0 Å². The van der Waals surface area contributed by atoms with Gasteiger partial charge in [-0.15, -0.1) is 0 Å². The molecular weight excluding hydrogens is 264 g/mol. The van der Waals surface area contributed by atoms with E-state index < -0.39 is 0 Å². The van der Waals surface area contributed by atoms with Gasteiger partial charge in [0.15, 0.2) is 0 Å². The van der Waals surface area contributed by atoms with Crippen molar-refractivity contribution in [3.05, 3.63) is 29.8 Å². The second kappa shape index (κ2) is 5.98. The molecule has 1 heterocycles. The van der Waals surface area contributed by atoms with Gasteiger partial charge in [-0.3, -0.25) is 14.5 Å². The van der Waals surface area contributed by atoms with Crippen LogP contribution in [-0.4, -0.2) is 35.7 Å². The zero-order chi connectivity index (χ0) is 14.8. The Hall–Kier alpha value is -1.68. The van der Waals surface area contributed by atoms with Crippen LogP contribution in [0.4, 0.5) is 5.69 Å². The average Bonchev–Trinajstić information content (AvgIpc) is 2.65. The minimum absolute atomic E-state index is 0.0827. The fraction of sp³-hybridized carbons (Fsp3) is 0.529. The van der Waals surface area contributed by atoms with Gasteiger partial charge in [-0.1, -0.05) is 18.2 Å². The number of aryl methyl sites for hydroxylation is 1. The number of hydrogen-bond acceptors (Lipinski definition) is 3. The van der Waals surface area contributed by atoms with Gasteiger partial charge in [-0.25, -0.2) is 0 Å². The molecule has 1 fully saturated rings. The van der Waals surface area contributed by atoms with E-state index >= 15 is 0 Å². The third kappa shape index (κ3) is 3.00. The highest BCUT2D eigenvalue weighted by Gasteiger charge is 2.32. The summed E-state index contributed by atoms with van der Waals surface area (Å²) in [5.41, 5.74) is 2.15. The van der Waals surface area contributed by atoms with Gasteiger partial charge in [0.1, 0.15) is 5.78 Å². The van der Waals surface area contributed by atoms with E-state index in [0.29, 0.717) is 24.7 Å². The van der Waals surface area contributed by atoms with Crippen LogP contribution in [0.3, 0.4) is 0 Å². The minimum Gasteiger partial charge on any atom is -0.324 e. The van der Waals surface area contributed by atoms with Crippen LogP contribution in [0, 0.1) is 0 Å². The zero-order valence-electron chi connectivity index (χ0n) is 12.5. The highest BCUT2D eigenvalue weighted by Crippen LogP contribution is 2.27. The molecule has 1 aromatic carbocycles. The second-order valence-electron chi connectivity index (χ2n) is 6.14. The number of carbonyl (C=O) groups excluding carboxylic acids is 2. The predicted molar refractivity (Wildman–Crippen MR) is 82.2 cm³/mol. The number of benzene rings is 1. The molecule has 3 rings (SSSR count). The van der Waals surface area contributed by atoms with Gasteiger partial charge in [0, 0.05) is 24.6 Å². The van der Waals surface area contributed by atoms with Crippen LogP contribution in [0.2, 0.25) is 0 Å². The fourth-order valence-electron chi connectivity index (χ4n) is 3.47. The molecule has 0 aromatic heterocycles. The minimum atomic E-state index is -0.101. The van der Waals surface area contributed by atoms with Crippen molar-refractivity contribution >= 4 is 17.4 Å². The van der Waals surface area contributed by atoms with Crippen LogP contribution in [-0.2, 0) is 16.0 Å². The predicted octanol–water partition coefficient (Wildman–Crippen LogP) is 2.38. The van der Waals surface area contributed by atoms with Crippen molar-refractivity contribution in [3.8, 4) is 0 Å². The quantitative estimate of drug-likeness (QED) is 0.908. The van der Waals surface area contributed by atoms with Crippen molar-refractivity contribution in [2.24, 2.45) is 0 Å². The first-order chi connectivity index (χ1) is 10.1. The van der Waals surface area contributed by atoms with Gasteiger partial charge < -0.3 is 5.32 Å². The molecule has 2 aliphatic rings. The number of anilines is 1. The summed E-state index contributed by atoms with van der Waals surface area (Å²) < 4.78 is 0. The number of amides is 1. The molecule has 0 bridgehead atoms. The molecule has 4 heteroatoms. The molecule has 1 amide bonds. The van der Waals surface area contributed by atoms with Gasteiger partial charge in [-0.05, 0) is 44.4 Å². The standard InChI is InChI=1S/C17H22N2O2/c1-19(13-7-9-14(20)10-8-13)16-11-6-12-4-2-3-5-15(12)18-17(16)21/h2-5,13,16H,6-11H2,1H3,(H,18,21). The topological polar surface area (TPSA) is 49.4 Å². The summed E-state index contributed by atoms with van der Waals surface area (Å²) in [5.74, 6) is 0.441. The van der Waals surface area contributed by atoms with E-state index in [1.54, 1.807) is 0 Å². The van der Waals surface area contributed by atoms with Crippen molar-refractivity contribution in [1.82, 2.24) is 4.90 Å². The Morgan fingerprint density at radius 2 is 1.76 bits per heavy atom. The summed E-state index contributed by atoms with van der Waals surface area (Å²) in [5, 5.41) is 3.05. The summed E-state index contributed by atoms with van der Waals surface area (Å²) in [7, 11) is 2.03. The van der Waals surface area contributed by atoms with Gasteiger partial charge in [0.2, 0.25) is 5.91 Å². The molecule has 21 heavy (non-hydrogen) atoms. The van der Waals surface area contributed by atoms with Crippen LogP contribution < -0.4 is 5.32 Å². The van der Waals surface area contributed by atoms with Crippen molar-refractivity contribution in [3.63, 3.8) is 0 Å². The average molecular weight is 286 g/mol. The Bertz CT molecular complexity index is 545. The molecule has 1 atom stereocenters. The van der Waals surface area contributed by atoms with Crippen LogP contribution in [0.25, 0.3) is 0 Å². The van der Waals surface area contributed by atoms with Gasteiger partial charge >= 0.3 is 0 Å². The number of hydrogen-bond donors (Lipinski definition) is 1. The Kier molecular flexibility index (Phi) is 4.06. The summed E-state index contributed by atoms with van der Waals surface area (Å²) in [6, 6.07) is 8.26. The Morgan fingerprint density at radius 1 is 1.05 bits per heavy atom. The van der Waals surface area contributed by atoms with Crippen molar-refractivity contribution in [1.29, 1.82) is 0 Å². The molecule has 0 radical (unpaired) electrons. The maximum Gasteiger partial charge on any atom is 0.241 e. The Balaban J connectivity index is 1.71. The first-order valence-electron chi connectivity index (χ1n) is 7.77. The maximum atomic E-state index is 12.5. The van der Waals surface area contributed by atoms with Crippen molar-refractivity contribution in [2.45, 2.75) is 50.6 Å². The number of para-hydroxylation sites is 1. The lowest BCUT2D eigenvalue weighted by Crippen LogP contribution is -2.47. The molecule has 1 aliphatic heterocycles. The Labute approximate surface area is 125 Å². The number of likely N-dealkylation sites (N-methyl/N-ethyl adjacent to an activating group) is 1. The van der Waals surface area contributed by atoms with E-state index in [1.807, 2.05) is 25.2 Å². The van der Waals surface area contributed by atoms with Crippen LogP contribution in [0.15, 0.2) is 24.3 Å². The molecule has 4 nitrogen and oxygen atoms in total. The van der Waals surface area contributed by atoms with Crippen LogP contribution in [0.1, 0.15) is 37.7 Å². The molecular formula is C17H22N2O2. The third-order valence-corrected chi connectivity index (χ3v) is 4.85. The molecule has 1 saturated carbocycles. The lowest BCUT2D eigenvalue weighted by Gasteiger charge is -2.35. The second-order valence-corrected chi connectivity index (χ2v) is 6.14. The number of ketones is 1. The van der Waals surface area contributed by atoms with Gasteiger partial charge in [-0.2, -0.15) is 0 Å². The normalized spacial score (nSPS) is 23.6. The molecule has 112 valence electrons. The van der Waals surface area contributed by atoms with E-state index in [2.05, 4.69) is 16.3 Å². The third-order valence-electron chi connectivity index (χ3n) is 4.85. The van der Waals surface area contributed by atoms with E-state index in [-0.39, 0.29) is 11.9 Å². The van der Waals surface area contributed by atoms with Crippen molar-refractivity contribution < 1.29 is 9.59 Å². The molecule has 1 N–H and O–H groups in total. The summed E-state index contributed by atoms with van der Waals surface area (Å²) in [6.45, 7) is 0. The van der Waals surface area contributed by atoms with Crippen LogP contribution >= 0.6 is 0 Å². The lowest BCUT2D eigenvalue weighted by atomic mass is 9.92. The zero-order valence-corrected chi connectivity index (χ0v) is 12.5. The van der Waals surface area contributed by atoms with Crippen LogP contribution in [0.5, 0.6) is 0 Å². The maximum absolute atomic E-state index is 12.5. The first kappa shape index (κ1) is 14.3. The number of fused-ring (bicyclic) bond motifs is 1. The lowest BCUT2D eigenvalue weighted by molar-refractivity contribution is -0.123. The number of carbonyl (C=O) groups is 2. The van der Waals surface area contributed by atoms with E-state index in [1.165, 1.54) is 5.56 Å². The first-order valence-corrected chi connectivity index (χ1v) is 7.77.